The molecular formula is C15H31N3O3. The fourth-order valence-electron chi connectivity index (χ4n) is 2.16. The molecule has 1 heterocycles. The lowest BCUT2D eigenvalue weighted by atomic mass is 10.2. The minimum Gasteiger partial charge on any atom is -0.444 e. The number of likely N-dealkylation sites (N-methyl/N-ethyl adjacent to an activating group) is 1. The van der Waals surface area contributed by atoms with Gasteiger partial charge in [0.15, 0.2) is 0 Å². The van der Waals surface area contributed by atoms with Crippen LogP contribution in [0.3, 0.4) is 0 Å². The Morgan fingerprint density at radius 3 is 2.62 bits per heavy atom. The summed E-state index contributed by atoms with van der Waals surface area (Å²) in [5.41, 5.74) is -0.453. The van der Waals surface area contributed by atoms with Crippen molar-refractivity contribution in [3.05, 3.63) is 0 Å². The second kappa shape index (κ2) is 9.23. The summed E-state index contributed by atoms with van der Waals surface area (Å²) < 4.78 is 10.7. The predicted octanol–water partition coefficient (Wildman–Crippen LogP) is 1.17. The number of ether oxygens (including phenoxy) is 2. The van der Waals surface area contributed by atoms with Crippen molar-refractivity contribution in [1.82, 2.24) is 15.1 Å². The number of hydrogen-bond donors (Lipinski definition) is 1. The van der Waals surface area contributed by atoms with Gasteiger partial charge in [-0.25, -0.2) is 4.79 Å². The van der Waals surface area contributed by atoms with Crippen LogP contribution in [0, 0.1) is 0 Å². The van der Waals surface area contributed by atoms with Crippen LogP contribution in [-0.2, 0) is 9.47 Å². The fourth-order valence-corrected chi connectivity index (χ4v) is 2.16. The Balaban J connectivity index is 1.98. The quantitative estimate of drug-likeness (QED) is 0.746. The van der Waals surface area contributed by atoms with Crippen LogP contribution in [0.2, 0.25) is 0 Å². The first-order valence-electron chi connectivity index (χ1n) is 7.82. The van der Waals surface area contributed by atoms with Crippen molar-refractivity contribution in [3.63, 3.8) is 0 Å². The molecule has 0 spiro atoms. The molecule has 1 fully saturated rings. The van der Waals surface area contributed by atoms with Crippen LogP contribution < -0.4 is 5.32 Å². The monoisotopic (exact) mass is 301 g/mol. The summed E-state index contributed by atoms with van der Waals surface area (Å²) in [5, 5.41) is 2.69. The largest absolute Gasteiger partial charge is 0.444 e. The first-order chi connectivity index (χ1) is 9.87. The molecule has 0 atom stereocenters. The van der Waals surface area contributed by atoms with Gasteiger partial charge in [-0.3, -0.25) is 4.90 Å². The number of carbonyl (C=O) groups excluding carboxylic acids is 1. The minimum atomic E-state index is -0.453. The molecule has 21 heavy (non-hydrogen) atoms. The molecular weight excluding hydrogens is 270 g/mol. The molecule has 0 aromatic carbocycles. The number of hydrogen-bond acceptors (Lipinski definition) is 5. The summed E-state index contributed by atoms with van der Waals surface area (Å²) in [5.74, 6) is 0. The van der Waals surface area contributed by atoms with Crippen LogP contribution >= 0.6 is 0 Å². The van der Waals surface area contributed by atoms with Crippen LogP contribution in [0.1, 0.15) is 27.2 Å². The minimum absolute atomic E-state index is 0.387. The highest BCUT2D eigenvalue weighted by molar-refractivity contribution is 5.67. The zero-order valence-corrected chi connectivity index (χ0v) is 14.0. The van der Waals surface area contributed by atoms with E-state index in [1.54, 1.807) is 0 Å². The lowest BCUT2D eigenvalue weighted by Gasteiger charge is -2.20. The van der Waals surface area contributed by atoms with Crippen LogP contribution in [0.15, 0.2) is 0 Å². The smallest absolute Gasteiger partial charge is 0.407 e. The third-order valence-corrected chi connectivity index (χ3v) is 3.28. The van der Waals surface area contributed by atoms with E-state index in [1.807, 2.05) is 20.8 Å². The topological polar surface area (TPSA) is 54.0 Å². The Labute approximate surface area is 128 Å². The van der Waals surface area contributed by atoms with Crippen molar-refractivity contribution in [2.24, 2.45) is 0 Å². The van der Waals surface area contributed by atoms with E-state index >= 15 is 0 Å². The second-order valence-electron chi connectivity index (χ2n) is 6.54. The first-order valence-corrected chi connectivity index (χ1v) is 7.82. The average Bonchev–Trinajstić information content (AvgIpc) is 2.56. The van der Waals surface area contributed by atoms with E-state index in [9.17, 15) is 4.79 Å². The molecule has 124 valence electrons. The zero-order chi connectivity index (χ0) is 15.7. The maximum absolute atomic E-state index is 11.4. The summed E-state index contributed by atoms with van der Waals surface area (Å²) >= 11 is 0. The van der Waals surface area contributed by atoms with Gasteiger partial charge in [0.2, 0.25) is 0 Å². The zero-order valence-electron chi connectivity index (χ0n) is 14.0. The van der Waals surface area contributed by atoms with Gasteiger partial charge in [0.1, 0.15) is 5.60 Å². The number of nitrogens with zero attached hydrogens (tertiary/aromatic N) is 2. The third kappa shape index (κ3) is 9.66. The second-order valence-corrected chi connectivity index (χ2v) is 6.54. The number of rotatable bonds is 6. The number of carbonyl (C=O) groups is 1. The van der Waals surface area contributed by atoms with Crippen LogP contribution in [0.5, 0.6) is 0 Å². The molecule has 1 N–H and O–H groups in total. The number of amides is 1. The van der Waals surface area contributed by atoms with E-state index in [0.29, 0.717) is 19.8 Å². The van der Waals surface area contributed by atoms with Gasteiger partial charge in [0, 0.05) is 26.2 Å². The molecule has 0 unspecified atom stereocenters. The first kappa shape index (κ1) is 18.2. The van der Waals surface area contributed by atoms with Crippen molar-refractivity contribution in [1.29, 1.82) is 0 Å². The molecule has 1 rings (SSSR count). The molecule has 1 amide bonds. The SMILES string of the molecule is CN1CCCN(CCOCCNC(=O)OC(C)(C)C)CC1. The maximum atomic E-state index is 11.4. The molecule has 1 aliphatic heterocycles. The van der Waals surface area contributed by atoms with Crippen LogP contribution in [0.25, 0.3) is 0 Å². The standard InChI is InChI=1S/C15H31N3O3/c1-15(2,3)21-14(19)16-6-12-20-13-11-18-8-5-7-17(4)9-10-18/h5-13H2,1-4H3,(H,16,19). The molecule has 0 aromatic rings. The summed E-state index contributed by atoms with van der Waals surface area (Å²) in [6, 6.07) is 0. The van der Waals surface area contributed by atoms with Crippen LogP contribution in [-0.4, -0.2) is 81.0 Å². The van der Waals surface area contributed by atoms with E-state index in [1.165, 1.54) is 13.0 Å². The molecule has 0 aliphatic carbocycles. The molecule has 6 nitrogen and oxygen atoms in total. The van der Waals surface area contributed by atoms with E-state index < -0.39 is 5.60 Å². The molecule has 0 radical (unpaired) electrons. The molecule has 0 bridgehead atoms. The van der Waals surface area contributed by atoms with Crippen molar-refractivity contribution in [2.75, 3.05) is 59.5 Å². The van der Waals surface area contributed by atoms with E-state index in [4.69, 9.17) is 9.47 Å². The van der Waals surface area contributed by atoms with Crippen molar-refractivity contribution in [2.45, 2.75) is 32.8 Å². The maximum Gasteiger partial charge on any atom is 0.407 e. The highest BCUT2D eigenvalue weighted by Gasteiger charge is 2.15. The Kier molecular flexibility index (Phi) is 8.00. The Morgan fingerprint density at radius 1 is 1.14 bits per heavy atom. The van der Waals surface area contributed by atoms with Gasteiger partial charge in [-0.15, -0.1) is 0 Å². The van der Waals surface area contributed by atoms with Crippen molar-refractivity contribution in [3.8, 4) is 0 Å². The van der Waals surface area contributed by atoms with Crippen molar-refractivity contribution < 1.29 is 14.3 Å². The van der Waals surface area contributed by atoms with Gasteiger partial charge in [0.05, 0.1) is 13.2 Å². The number of alkyl carbamates (subject to hydrolysis) is 1. The van der Waals surface area contributed by atoms with Gasteiger partial charge in [-0.05, 0) is 47.3 Å². The van der Waals surface area contributed by atoms with Crippen LogP contribution in [0.4, 0.5) is 4.79 Å². The molecule has 0 saturated carbocycles. The van der Waals surface area contributed by atoms with Gasteiger partial charge in [-0.1, -0.05) is 0 Å². The summed E-state index contributed by atoms with van der Waals surface area (Å²) in [4.78, 5) is 16.2. The van der Waals surface area contributed by atoms with Gasteiger partial charge in [0.25, 0.3) is 0 Å². The third-order valence-electron chi connectivity index (χ3n) is 3.28. The Morgan fingerprint density at radius 2 is 1.90 bits per heavy atom. The Hall–Kier alpha value is -0.850. The highest BCUT2D eigenvalue weighted by atomic mass is 16.6. The number of nitrogens with one attached hydrogen (secondary N) is 1. The fraction of sp³-hybridized carbons (Fsp3) is 0.933. The summed E-state index contributed by atoms with van der Waals surface area (Å²) in [6.07, 6.45) is 0.832. The molecule has 1 saturated heterocycles. The molecule has 6 heteroatoms. The highest BCUT2D eigenvalue weighted by Crippen LogP contribution is 2.06. The lowest BCUT2D eigenvalue weighted by Crippen LogP contribution is -2.35. The normalized spacial score (nSPS) is 18.3. The van der Waals surface area contributed by atoms with E-state index in [-0.39, 0.29) is 6.09 Å². The van der Waals surface area contributed by atoms with Gasteiger partial charge in [-0.2, -0.15) is 0 Å². The Bertz CT molecular complexity index is 305. The average molecular weight is 301 g/mol. The lowest BCUT2D eigenvalue weighted by molar-refractivity contribution is 0.0491. The van der Waals surface area contributed by atoms with Gasteiger partial charge < -0.3 is 19.7 Å². The predicted molar refractivity (Wildman–Crippen MR) is 83.6 cm³/mol. The summed E-state index contributed by atoms with van der Waals surface area (Å²) in [7, 11) is 2.17. The van der Waals surface area contributed by atoms with E-state index in [0.717, 1.165) is 26.2 Å². The van der Waals surface area contributed by atoms with Gasteiger partial charge >= 0.3 is 6.09 Å². The van der Waals surface area contributed by atoms with Crippen molar-refractivity contribution >= 4 is 6.09 Å². The molecule has 0 aromatic heterocycles. The summed E-state index contributed by atoms with van der Waals surface area (Å²) in [6.45, 7) is 12.8. The van der Waals surface area contributed by atoms with E-state index in [2.05, 4.69) is 22.2 Å². The molecule has 1 aliphatic rings.